The summed E-state index contributed by atoms with van der Waals surface area (Å²) in [6.07, 6.45) is 1.72. The summed E-state index contributed by atoms with van der Waals surface area (Å²) in [5.41, 5.74) is 3.50. The third kappa shape index (κ3) is 0.961. The lowest BCUT2D eigenvalue weighted by Crippen LogP contribution is -1.88. The molecule has 0 N–H and O–H groups in total. The van der Waals surface area contributed by atoms with E-state index in [0.29, 0.717) is 0 Å². The molecule has 0 saturated heterocycles. The first-order valence-corrected chi connectivity index (χ1v) is 3.96. The second-order valence-corrected chi connectivity index (χ2v) is 2.98. The zero-order valence-electron chi connectivity index (χ0n) is 7.20. The van der Waals surface area contributed by atoms with Crippen LogP contribution in [0, 0.1) is 13.8 Å². The number of rotatable bonds is 0. The van der Waals surface area contributed by atoms with Gasteiger partial charge >= 0.3 is 0 Å². The van der Waals surface area contributed by atoms with E-state index in [1.54, 1.807) is 6.20 Å². The number of benzene rings is 1. The van der Waals surface area contributed by atoms with Gasteiger partial charge < -0.3 is 0 Å². The lowest BCUT2D eigenvalue weighted by atomic mass is 10.1. The Labute approximate surface area is 71.3 Å². The maximum absolute atomic E-state index is 4.09. The molecule has 0 amide bonds. The quantitative estimate of drug-likeness (QED) is 0.587. The number of hydrogen-bond acceptors (Lipinski definition) is 2. The average molecular weight is 158 g/mol. The van der Waals surface area contributed by atoms with Gasteiger partial charge in [-0.3, -0.25) is 0 Å². The van der Waals surface area contributed by atoms with Crippen LogP contribution in [-0.2, 0) is 0 Å². The summed E-state index contributed by atoms with van der Waals surface area (Å²) in [7, 11) is 0. The molecule has 0 spiro atoms. The molecular weight excluding hydrogens is 148 g/mol. The van der Waals surface area contributed by atoms with Gasteiger partial charge in [-0.05, 0) is 31.0 Å². The molecule has 0 saturated carbocycles. The minimum absolute atomic E-state index is 1.01. The zero-order valence-corrected chi connectivity index (χ0v) is 7.20. The molecule has 2 aromatic rings. The Balaban J connectivity index is 2.91. The minimum Gasteiger partial charge on any atom is -0.159 e. The van der Waals surface area contributed by atoms with E-state index in [2.05, 4.69) is 36.2 Å². The maximum Gasteiger partial charge on any atom is 0.0961 e. The van der Waals surface area contributed by atoms with Crippen LogP contribution >= 0.6 is 0 Å². The van der Waals surface area contributed by atoms with Crippen LogP contribution in [0.2, 0.25) is 0 Å². The Hall–Kier alpha value is -1.44. The Kier molecular flexibility index (Phi) is 1.54. The highest BCUT2D eigenvalue weighted by Crippen LogP contribution is 2.17. The zero-order chi connectivity index (χ0) is 8.55. The van der Waals surface area contributed by atoms with Gasteiger partial charge in [-0.25, -0.2) is 0 Å². The monoisotopic (exact) mass is 158 g/mol. The first-order valence-electron chi connectivity index (χ1n) is 3.96. The third-order valence-electron chi connectivity index (χ3n) is 2.21. The van der Waals surface area contributed by atoms with Gasteiger partial charge in [-0.15, -0.1) is 0 Å². The Morgan fingerprint density at radius 1 is 1.08 bits per heavy atom. The normalized spacial score (nSPS) is 10.5. The molecule has 60 valence electrons. The van der Waals surface area contributed by atoms with E-state index in [9.17, 15) is 0 Å². The van der Waals surface area contributed by atoms with Crippen molar-refractivity contribution in [3.05, 3.63) is 35.5 Å². The van der Waals surface area contributed by atoms with Crippen LogP contribution in [0.25, 0.3) is 10.9 Å². The molecule has 0 bridgehead atoms. The molecule has 0 radical (unpaired) electrons. The van der Waals surface area contributed by atoms with E-state index in [1.807, 2.05) is 6.07 Å². The molecule has 12 heavy (non-hydrogen) atoms. The van der Waals surface area contributed by atoms with Crippen LogP contribution in [0.5, 0.6) is 0 Å². The summed E-state index contributed by atoms with van der Waals surface area (Å²) in [6.45, 7) is 4.16. The van der Waals surface area contributed by atoms with Crippen LogP contribution in [-0.4, -0.2) is 10.2 Å². The van der Waals surface area contributed by atoms with Gasteiger partial charge in [-0.1, -0.05) is 12.1 Å². The van der Waals surface area contributed by atoms with E-state index in [4.69, 9.17) is 0 Å². The first-order chi connectivity index (χ1) is 5.79. The summed E-state index contributed by atoms with van der Waals surface area (Å²) in [6, 6.07) is 6.17. The fraction of sp³-hybridized carbons (Fsp3) is 0.200. The predicted molar refractivity (Wildman–Crippen MR) is 49.0 cm³/mol. The molecule has 0 aliphatic heterocycles. The van der Waals surface area contributed by atoms with Crippen LogP contribution in [0.4, 0.5) is 0 Å². The van der Waals surface area contributed by atoms with Crippen molar-refractivity contribution in [1.82, 2.24) is 10.2 Å². The summed E-state index contributed by atoms with van der Waals surface area (Å²) in [5, 5.41) is 9.12. The molecule has 1 aromatic heterocycles. The molecule has 0 unspecified atom stereocenters. The van der Waals surface area contributed by atoms with E-state index in [-0.39, 0.29) is 0 Å². The first kappa shape index (κ1) is 7.22. The van der Waals surface area contributed by atoms with Crippen molar-refractivity contribution >= 4 is 10.9 Å². The van der Waals surface area contributed by atoms with Crippen molar-refractivity contribution in [3.8, 4) is 0 Å². The number of aromatic nitrogens is 2. The lowest BCUT2D eigenvalue weighted by molar-refractivity contribution is 1.07. The molecule has 1 aromatic carbocycles. The Morgan fingerprint density at radius 2 is 1.92 bits per heavy atom. The fourth-order valence-electron chi connectivity index (χ4n) is 1.29. The predicted octanol–water partition coefficient (Wildman–Crippen LogP) is 2.25. The fourth-order valence-corrected chi connectivity index (χ4v) is 1.29. The van der Waals surface area contributed by atoms with Crippen molar-refractivity contribution in [2.24, 2.45) is 0 Å². The molecule has 0 aliphatic rings. The van der Waals surface area contributed by atoms with Gasteiger partial charge in [-0.2, -0.15) is 10.2 Å². The highest BCUT2D eigenvalue weighted by atomic mass is 15.1. The summed E-state index contributed by atoms with van der Waals surface area (Å²) < 4.78 is 0. The minimum atomic E-state index is 1.01. The Bertz CT molecular complexity index is 421. The summed E-state index contributed by atoms with van der Waals surface area (Å²) in [4.78, 5) is 0. The van der Waals surface area contributed by atoms with Crippen molar-refractivity contribution in [2.45, 2.75) is 13.8 Å². The van der Waals surface area contributed by atoms with Gasteiger partial charge in [0, 0.05) is 5.39 Å². The van der Waals surface area contributed by atoms with E-state index in [1.165, 1.54) is 11.1 Å². The molecular formula is C10H10N2. The van der Waals surface area contributed by atoms with Crippen LogP contribution in [0.1, 0.15) is 11.1 Å². The highest BCUT2D eigenvalue weighted by Gasteiger charge is 1.99. The highest BCUT2D eigenvalue weighted by molar-refractivity contribution is 5.81. The van der Waals surface area contributed by atoms with Gasteiger partial charge in [0.05, 0.1) is 11.7 Å². The molecule has 2 heteroatoms. The maximum atomic E-state index is 4.09. The van der Waals surface area contributed by atoms with Gasteiger partial charge in [0.25, 0.3) is 0 Å². The molecule has 0 fully saturated rings. The molecule has 1 heterocycles. The van der Waals surface area contributed by atoms with Crippen molar-refractivity contribution in [2.75, 3.05) is 0 Å². The molecule has 0 atom stereocenters. The van der Waals surface area contributed by atoms with Crippen LogP contribution in [0.15, 0.2) is 24.4 Å². The lowest BCUT2D eigenvalue weighted by Gasteiger charge is -2.02. The summed E-state index contributed by atoms with van der Waals surface area (Å²) in [5.74, 6) is 0. The van der Waals surface area contributed by atoms with Gasteiger partial charge in [0.15, 0.2) is 0 Å². The van der Waals surface area contributed by atoms with Crippen molar-refractivity contribution in [1.29, 1.82) is 0 Å². The molecule has 0 aliphatic carbocycles. The summed E-state index contributed by atoms with van der Waals surface area (Å²) >= 11 is 0. The second kappa shape index (κ2) is 2.55. The van der Waals surface area contributed by atoms with Crippen LogP contribution in [0.3, 0.4) is 0 Å². The number of aryl methyl sites for hydroxylation is 2. The standard InChI is InChI=1S/C10H10N2/c1-7-3-4-9-5-6-11-12-10(9)8(7)2/h3-6H,1-2H3. The van der Waals surface area contributed by atoms with Crippen LogP contribution < -0.4 is 0 Å². The number of hydrogen-bond donors (Lipinski definition) is 0. The van der Waals surface area contributed by atoms with Gasteiger partial charge in [0.2, 0.25) is 0 Å². The number of nitrogens with zero attached hydrogens (tertiary/aromatic N) is 2. The smallest absolute Gasteiger partial charge is 0.0961 e. The van der Waals surface area contributed by atoms with E-state index < -0.39 is 0 Å². The van der Waals surface area contributed by atoms with Gasteiger partial charge in [0.1, 0.15) is 0 Å². The second-order valence-electron chi connectivity index (χ2n) is 2.98. The number of fused-ring (bicyclic) bond motifs is 1. The van der Waals surface area contributed by atoms with Crippen molar-refractivity contribution < 1.29 is 0 Å². The molecule has 2 rings (SSSR count). The third-order valence-corrected chi connectivity index (χ3v) is 2.21. The topological polar surface area (TPSA) is 25.8 Å². The van der Waals surface area contributed by atoms with E-state index >= 15 is 0 Å². The SMILES string of the molecule is Cc1ccc2ccnnc2c1C. The van der Waals surface area contributed by atoms with Crippen molar-refractivity contribution in [3.63, 3.8) is 0 Å². The van der Waals surface area contributed by atoms with E-state index in [0.717, 1.165) is 10.9 Å². The Morgan fingerprint density at radius 3 is 2.75 bits per heavy atom. The average Bonchev–Trinajstić information content (AvgIpc) is 2.12. The largest absolute Gasteiger partial charge is 0.159 e. The molecule has 2 nitrogen and oxygen atoms in total.